The number of thioether (sulfide) groups is 1. The molecule has 0 saturated heterocycles. The van der Waals surface area contributed by atoms with Crippen molar-refractivity contribution in [2.75, 3.05) is 5.75 Å². The Morgan fingerprint density at radius 3 is 2.58 bits per heavy atom. The summed E-state index contributed by atoms with van der Waals surface area (Å²) in [5, 5.41) is 8.50. The Kier molecular flexibility index (Phi) is 5.67. The third-order valence-electron chi connectivity index (χ3n) is 3.46. The van der Waals surface area contributed by atoms with Crippen LogP contribution < -0.4 is 0 Å². The number of carbonyl (C=O) groups is 1. The zero-order valence-electron chi connectivity index (χ0n) is 12.9. The van der Waals surface area contributed by atoms with Crippen LogP contribution in [-0.2, 0) is 0 Å². The van der Waals surface area contributed by atoms with Crippen molar-refractivity contribution in [1.82, 2.24) is 15.2 Å². The molecule has 1 heterocycles. The fourth-order valence-corrected chi connectivity index (χ4v) is 3.08. The highest BCUT2D eigenvalue weighted by atomic mass is 35.5. The number of aromatic nitrogens is 3. The molecule has 0 spiro atoms. The van der Waals surface area contributed by atoms with Crippen molar-refractivity contribution in [2.45, 2.75) is 18.0 Å². The first-order valence-corrected chi connectivity index (χ1v) is 8.98. The van der Waals surface area contributed by atoms with Gasteiger partial charge in [-0.25, -0.2) is 4.98 Å². The normalized spacial score (nSPS) is 10.7. The average molecular weight is 358 g/mol. The molecule has 0 bridgehead atoms. The molecule has 24 heavy (non-hydrogen) atoms. The smallest absolute Gasteiger partial charge is 0.208 e. The second kappa shape index (κ2) is 8.13. The zero-order chi connectivity index (χ0) is 16.8. The maximum absolute atomic E-state index is 12.0. The summed E-state index contributed by atoms with van der Waals surface area (Å²) in [7, 11) is 0. The first kappa shape index (κ1) is 16.7. The molecule has 0 atom stereocenters. The molecule has 122 valence electrons. The fourth-order valence-electron chi connectivity index (χ4n) is 2.21. The van der Waals surface area contributed by atoms with Gasteiger partial charge in [-0.2, -0.15) is 0 Å². The van der Waals surface area contributed by atoms with Gasteiger partial charge in [0, 0.05) is 28.3 Å². The van der Waals surface area contributed by atoms with E-state index in [1.165, 1.54) is 0 Å². The molecular weight excluding hydrogens is 342 g/mol. The first-order chi connectivity index (χ1) is 11.7. The number of nitrogens with zero attached hydrogens (tertiary/aromatic N) is 2. The largest absolute Gasteiger partial charge is 0.294 e. The van der Waals surface area contributed by atoms with E-state index < -0.39 is 0 Å². The molecule has 0 aliphatic carbocycles. The van der Waals surface area contributed by atoms with E-state index in [-0.39, 0.29) is 5.78 Å². The van der Waals surface area contributed by atoms with Gasteiger partial charge in [0.1, 0.15) is 0 Å². The zero-order valence-corrected chi connectivity index (χ0v) is 14.5. The Balaban J connectivity index is 1.47. The van der Waals surface area contributed by atoms with Gasteiger partial charge in [0.05, 0.1) is 0 Å². The number of halogens is 1. The molecular formula is C18H16ClN3OS. The highest BCUT2D eigenvalue weighted by Crippen LogP contribution is 2.21. The van der Waals surface area contributed by atoms with Gasteiger partial charge in [0.15, 0.2) is 11.6 Å². The monoisotopic (exact) mass is 357 g/mol. The summed E-state index contributed by atoms with van der Waals surface area (Å²) in [6, 6.07) is 16.8. The van der Waals surface area contributed by atoms with Gasteiger partial charge in [-0.05, 0) is 30.7 Å². The molecule has 4 nitrogen and oxygen atoms in total. The van der Waals surface area contributed by atoms with Crippen LogP contribution in [0.3, 0.4) is 0 Å². The third-order valence-corrected chi connectivity index (χ3v) is 4.64. The van der Waals surface area contributed by atoms with Gasteiger partial charge in [-0.1, -0.05) is 53.7 Å². The number of ketones is 1. The fraction of sp³-hybridized carbons (Fsp3) is 0.167. The standard InChI is InChI=1S/C18H16ClN3OS/c19-15-10-8-14(9-11-15)17-20-18(22-21-17)24-12-4-7-16(23)13-5-2-1-3-6-13/h1-3,5-6,8-11H,4,7,12H2,(H,20,21,22). The van der Waals surface area contributed by atoms with Crippen molar-refractivity contribution in [3.63, 3.8) is 0 Å². The molecule has 0 fully saturated rings. The minimum atomic E-state index is 0.174. The lowest BCUT2D eigenvalue weighted by Gasteiger charge is -2.00. The van der Waals surface area contributed by atoms with Crippen LogP contribution in [0.4, 0.5) is 0 Å². The summed E-state index contributed by atoms with van der Waals surface area (Å²) in [5.74, 6) is 1.69. The summed E-state index contributed by atoms with van der Waals surface area (Å²) >= 11 is 7.43. The van der Waals surface area contributed by atoms with E-state index in [1.54, 1.807) is 11.8 Å². The second-order valence-corrected chi connectivity index (χ2v) is 6.71. The van der Waals surface area contributed by atoms with Crippen molar-refractivity contribution in [3.05, 3.63) is 65.2 Å². The van der Waals surface area contributed by atoms with Gasteiger partial charge in [0.25, 0.3) is 0 Å². The van der Waals surface area contributed by atoms with Crippen LogP contribution in [0, 0.1) is 0 Å². The van der Waals surface area contributed by atoms with E-state index in [1.807, 2.05) is 54.6 Å². The lowest BCUT2D eigenvalue weighted by molar-refractivity contribution is 0.0982. The quantitative estimate of drug-likeness (QED) is 0.372. The van der Waals surface area contributed by atoms with Crippen molar-refractivity contribution in [3.8, 4) is 11.4 Å². The minimum Gasteiger partial charge on any atom is -0.294 e. The molecule has 0 aliphatic rings. The number of Topliss-reactive ketones (excluding diaryl/α,β-unsaturated/α-hetero) is 1. The molecule has 6 heteroatoms. The van der Waals surface area contributed by atoms with Gasteiger partial charge < -0.3 is 0 Å². The predicted octanol–water partition coefficient (Wildman–Crippen LogP) is 4.88. The van der Waals surface area contributed by atoms with Crippen LogP contribution in [-0.4, -0.2) is 26.7 Å². The molecule has 0 amide bonds. The van der Waals surface area contributed by atoms with Crippen LogP contribution in [0.1, 0.15) is 23.2 Å². The molecule has 1 aromatic heterocycles. The topological polar surface area (TPSA) is 58.6 Å². The number of aromatic amines is 1. The maximum Gasteiger partial charge on any atom is 0.208 e. The molecule has 3 aromatic rings. The molecule has 0 aliphatic heterocycles. The van der Waals surface area contributed by atoms with Crippen molar-refractivity contribution >= 4 is 29.1 Å². The summed E-state index contributed by atoms with van der Waals surface area (Å²) < 4.78 is 0. The Bertz CT molecular complexity index is 803. The number of benzene rings is 2. The molecule has 0 unspecified atom stereocenters. The number of H-pyrrole nitrogens is 1. The van der Waals surface area contributed by atoms with Crippen LogP contribution in [0.15, 0.2) is 59.8 Å². The first-order valence-electron chi connectivity index (χ1n) is 7.62. The van der Waals surface area contributed by atoms with Crippen molar-refractivity contribution in [2.24, 2.45) is 0 Å². The van der Waals surface area contributed by atoms with E-state index in [9.17, 15) is 4.79 Å². The van der Waals surface area contributed by atoms with Crippen LogP contribution in [0.25, 0.3) is 11.4 Å². The Hall–Kier alpha value is -2.11. The van der Waals surface area contributed by atoms with Gasteiger partial charge in [-0.3, -0.25) is 9.89 Å². The van der Waals surface area contributed by atoms with E-state index in [0.29, 0.717) is 16.6 Å². The average Bonchev–Trinajstić information content (AvgIpc) is 3.09. The lowest BCUT2D eigenvalue weighted by Crippen LogP contribution is -1.99. The second-order valence-electron chi connectivity index (χ2n) is 5.21. The van der Waals surface area contributed by atoms with Crippen LogP contribution >= 0.6 is 23.4 Å². The minimum absolute atomic E-state index is 0.174. The number of nitrogens with one attached hydrogen (secondary N) is 1. The summed E-state index contributed by atoms with van der Waals surface area (Å²) in [6.45, 7) is 0. The lowest BCUT2D eigenvalue weighted by atomic mass is 10.1. The molecule has 0 saturated carbocycles. The Labute approximate surface area is 149 Å². The Morgan fingerprint density at radius 2 is 1.83 bits per heavy atom. The van der Waals surface area contributed by atoms with Crippen LogP contribution in [0.5, 0.6) is 0 Å². The highest BCUT2D eigenvalue weighted by molar-refractivity contribution is 7.99. The molecule has 0 radical (unpaired) electrons. The van der Waals surface area contributed by atoms with Crippen molar-refractivity contribution < 1.29 is 4.79 Å². The third kappa shape index (κ3) is 4.46. The number of hydrogen-bond donors (Lipinski definition) is 1. The number of rotatable bonds is 7. The van der Waals surface area contributed by atoms with E-state index in [0.717, 1.165) is 29.1 Å². The summed E-state index contributed by atoms with van der Waals surface area (Å²) in [5.41, 5.74) is 1.71. The predicted molar refractivity (Wildman–Crippen MR) is 97.6 cm³/mol. The SMILES string of the molecule is O=C(CCCSc1n[nH]c(-c2ccc(Cl)cc2)n1)c1ccccc1. The van der Waals surface area contributed by atoms with E-state index in [2.05, 4.69) is 15.2 Å². The summed E-state index contributed by atoms with van der Waals surface area (Å²) in [4.78, 5) is 16.5. The van der Waals surface area contributed by atoms with Crippen LogP contribution in [0.2, 0.25) is 5.02 Å². The molecule has 2 aromatic carbocycles. The van der Waals surface area contributed by atoms with Crippen molar-refractivity contribution in [1.29, 1.82) is 0 Å². The number of carbonyl (C=O) groups excluding carboxylic acids is 1. The Morgan fingerprint density at radius 1 is 1.08 bits per heavy atom. The molecule has 3 rings (SSSR count). The summed E-state index contributed by atoms with van der Waals surface area (Å²) in [6.07, 6.45) is 1.33. The van der Waals surface area contributed by atoms with Gasteiger partial charge in [0.2, 0.25) is 5.16 Å². The van der Waals surface area contributed by atoms with Gasteiger partial charge >= 0.3 is 0 Å². The molecule has 1 N–H and O–H groups in total. The maximum atomic E-state index is 12.0. The highest BCUT2D eigenvalue weighted by Gasteiger charge is 2.08. The van der Waals surface area contributed by atoms with E-state index in [4.69, 9.17) is 11.6 Å². The number of hydrogen-bond acceptors (Lipinski definition) is 4. The van der Waals surface area contributed by atoms with Gasteiger partial charge in [-0.15, -0.1) is 5.10 Å². The van der Waals surface area contributed by atoms with E-state index >= 15 is 0 Å².